The molecule has 0 aliphatic carbocycles. The maximum atomic E-state index is 12.1. The molecule has 2 unspecified atom stereocenters. The molecule has 0 bridgehead atoms. The van der Waals surface area contributed by atoms with Gasteiger partial charge in [0.2, 0.25) is 5.91 Å². The van der Waals surface area contributed by atoms with E-state index in [1.807, 2.05) is 25.1 Å². The second-order valence-corrected chi connectivity index (χ2v) is 5.81. The Hall–Kier alpha value is -2.36. The molecule has 4 heteroatoms. The molecule has 0 aromatic heterocycles. The molecule has 0 spiro atoms. The molecule has 0 saturated heterocycles. The van der Waals surface area contributed by atoms with Gasteiger partial charge in [0.25, 0.3) is 0 Å². The summed E-state index contributed by atoms with van der Waals surface area (Å²) in [6.45, 7) is 2.40. The van der Waals surface area contributed by atoms with Gasteiger partial charge in [0.05, 0.1) is 6.54 Å². The molecule has 1 aliphatic heterocycles. The molecule has 1 amide bonds. The van der Waals surface area contributed by atoms with E-state index in [9.17, 15) is 4.79 Å². The predicted octanol–water partition coefficient (Wildman–Crippen LogP) is 3.03. The molecule has 2 aromatic rings. The van der Waals surface area contributed by atoms with Gasteiger partial charge in [0.15, 0.2) is 5.90 Å². The number of fused-ring (bicyclic) bond motifs is 1. The third-order valence-electron chi connectivity index (χ3n) is 4.03. The van der Waals surface area contributed by atoms with E-state index in [0.717, 1.165) is 5.56 Å². The molecule has 0 N–H and O–H groups in total. The summed E-state index contributed by atoms with van der Waals surface area (Å²) in [5.74, 6) is 0.212. The largest absolute Gasteiger partial charge is 0.470 e. The molecule has 4 nitrogen and oxygen atoms in total. The number of hydrogen-bond donors (Lipinski definition) is 0. The Morgan fingerprint density at radius 2 is 1.95 bits per heavy atom. The van der Waals surface area contributed by atoms with Crippen LogP contribution in [0, 0.1) is 5.92 Å². The first-order valence-corrected chi connectivity index (χ1v) is 7.47. The third kappa shape index (κ3) is 2.56. The number of rotatable bonds is 3. The lowest BCUT2D eigenvalue weighted by molar-refractivity contribution is -0.130. The highest BCUT2D eigenvalue weighted by Crippen LogP contribution is 2.31. The van der Waals surface area contributed by atoms with Gasteiger partial charge < -0.3 is 9.64 Å². The number of ether oxygens (including phenoxy) is 1. The van der Waals surface area contributed by atoms with Crippen LogP contribution in [0.15, 0.2) is 47.5 Å². The Balaban J connectivity index is 1.83. The van der Waals surface area contributed by atoms with Crippen molar-refractivity contribution in [3.05, 3.63) is 48.0 Å². The highest BCUT2D eigenvalue weighted by atomic mass is 16.5. The van der Waals surface area contributed by atoms with E-state index >= 15 is 0 Å². The minimum absolute atomic E-state index is 0.0114. The molecule has 114 valence electrons. The average Bonchev–Trinajstić information content (AvgIpc) is 3.02. The van der Waals surface area contributed by atoms with Crippen LogP contribution in [0.4, 0.5) is 0 Å². The number of aliphatic imine (C=N–C) groups is 1. The minimum atomic E-state index is -0.338. The highest BCUT2D eigenvalue weighted by molar-refractivity contribution is 6.00. The number of carbonyl (C=O) groups excluding carboxylic acids is 1. The number of amides is 1. The summed E-state index contributed by atoms with van der Waals surface area (Å²) in [5.41, 5.74) is 1.13. The van der Waals surface area contributed by atoms with Crippen molar-refractivity contribution >= 4 is 22.6 Å². The second kappa shape index (κ2) is 5.79. The monoisotopic (exact) mass is 296 g/mol. The van der Waals surface area contributed by atoms with E-state index in [2.05, 4.69) is 29.3 Å². The lowest BCUT2D eigenvalue weighted by atomic mass is 10.0. The average molecular weight is 296 g/mol. The lowest BCUT2D eigenvalue weighted by Crippen LogP contribution is -2.33. The van der Waals surface area contributed by atoms with Gasteiger partial charge in [0, 0.05) is 19.7 Å². The van der Waals surface area contributed by atoms with Crippen molar-refractivity contribution in [2.45, 2.75) is 13.0 Å². The van der Waals surface area contributed by atoms with E-state index in [-0.39, 0.29) is 17.9 Å². The third-order valence-corrected chi connectivity index (χ3v) is 4.03. The van der Waals surface area contributed by atoms with Crippen LogP contribution in [0.2, 0.25) is 0 Å². The van der Waals surface area contributed by atoms with Crippen LogP contribution in [-0.2, 0) is 9.53 Å². The first-order valence-electron chi connectivity index (χ1n) is 7.47. The second-order valence-electron chi connectivity index (χ2n) is 5.81. The van der Waals surface area contributed by atoms with Crippen molar-refractivity contribution in [3.63, 3.8) is 0 Å². The summed E-state index contributed by atoms with van der Waals surface area (Å²) in [6, 6.07) is 14.4. The molecule has 1 aliphatic rings. The summed E-state index contributed by atoms with van der Waals surface area (Å²) in [5, 5.41) is 2.37. The van der Waals surface area contributed by atoms with Gasteiger partial charge in [0.1, 0.15) is 12.0 Å². The maximum absolute atomic E-state index is 12.1. The van der Waals surface area contributed by atoms with Gasteiger partial charge in [-0.1, -0.05) is 42.5 Å². The Morgan fingerprint density at radius 1 is 1.23 bits per heavy atom. The van der Waals surface area contributed by atoms with E-state index in [4.69, 9.17) is 4.74 Å². The van der Waals surface area contributed by atoms with Crippen LogP contribution >= 0.6 is 0 Å². The smallest absolute Gasteiger partial charge is 0.234 e. The summed E-state index contributed by atoms with van der Waals surface area (Å²) >= 11 is 0. The number of carbonyl (C=O) groups is 1. The summed E-state index contributed by atoms with van der Waals surface area (Å²) in [7, 11) is 3.49. The van der Waals surface area contributed by atoms with Crippen LogP contribution in [-0.4, -0.2) is 37.3 Å². The van der Waals surface area contributed by atoms with E-state index in [1.165, 1.54) is 10.8 Å². The quantitative estimate of drug-likeness (QED) is 0.873. The molecule has 2 aromatic carbocycles. The fourth-order valence-corrected chi connectivity index (χ4v) is 2.82. The van der Waals surface area contributed by atoms with E-state index in [0.29, 0.717) is 12.4 Å². The molecule has 2 atom stereocenters. The van der Waals surface area contributed by atoms with Crippen molar-refractivity contribution in [1.29, 1.82) is 0 Å². The Morgan fingerprint density at radius 3 is 2.73 bits per heavy atom. The van der Waals surface area contributed by atoms with Gasteiger partial charge in [-0.15, -0.1) is 0 Å². The maximum Gasteiger partial charge on any atom is 0.234 e. The fourth-order valence-electron chi connectivity index (χ4n) is 2.82. The number of nitrogens with zero attached hydrogens (tertiary/aromatic N) is 2. The first-order chi connectivity index (χ1) is 10.6. The molecular formula is C18H20N2O2. The number of hydrogen-bond acceptors (Lipinski definition) is 3. The van der Waals surface area contributed by atoms with E-state index < -0.39 is 0 Å². The molecule has 0 fully saturated rings. The highest BCUT2D eigenvalue weighted by Gasteiger charge is 2.30. The Labute approximate surface area is 130 Å². The molecule has 1 heterocycles. The molecule has 0 saturated carbocycles. The summed E-state index contributed by atoms with van der Waals surface area (Å²) in [6.07, 6.45) is -0.112. The SMILES string of the molecule is CC(C(=O)N(C)C)C1=NCC(c2cccc3ccccc23)O1. The van der Waals surface area contributed by atoms with Gasteiger partial charge in [-0.3, -0.25) is 9.79 Å². The molecule has 0 radical (unpaired) electrons. The zero-order chi connectivity index (χ0) is 15.7. The normalized spacial score (nSPS) is 18.7. The van der Waals surface area contributed by atoms with Gasteiger partial charge in [-0.05, 0) is 17.7 Å². The Bertz CT molecular complexity index is 731. The van der Waals surface area contributed by atoms with Crippen molar-refractivity contribution in [2.24, 2.45) is 10.9 Å². The lowest BCUT2D eigenvalue weighted by Gasteiger charge is -2.19. The van der Waals surface area contributed by atoms with Gasteiger partial charge in [-0.2, -0.15) is 0 Å². The summed E-state index contributed by atoms with van der Waals surface area (Å²) in [4.78, 5) is 18.1. The van der Waals surface area contributed by atoms with Gasteiger partial charge in [-0.25, -0.2) is 0 Å². The Kier molecular flexibility index (Phi) is 3.84. The van der Waals surface area contributed by atoms with Crippen LogP contribution in [0.3, 0.4) is 0 Å². The standard InChI is InChI=1S/C18H20N2O2/c1-12(18(21)20(2)3)17-19-11-16(22-17)15-10-6-8-13-7-4-5-9-14(13)15/h4-10,12,16H,11H2,1-3H3. The van der Waals surface area contributed by atoms with Crippen LogP contribution < -0.4 is 0 Å². The molecule has 3 rings (SSSR count). The minimum Gasteiger partial charge on any atom is -0.470 e. The summed E-state index contributed by atoms with van der Waals surface area (Å²) < 4.78 is 5.99. The fraction of sp³-hybridized carbons (Fsp3) is 0.333. The van der Waals surface area contributed by atoms with Crippen LogP contribution in [0.5, 0.6) is 0 Å². The topological polar surface area (TPSA) is 41.9 Å². The zero-order valence-corrected chi connectivity index (χ0v) is 13.1. The predicted molar refractivity (Wildman–Crippen MR) is 87.9 cm³/mol. The van der Waals surface area contributed by atoms with Crippen LogP contribution in [0.1, 0.15) is 18.6 Å². The first kappa shape index (κ1) is 14.6. The van der Waals surface area contributed by atoms with Crippen molar-refractivity contribution < 1.29 is 9.53 Å². The zero-order valence-electron chi connectivity index (χ0n) is 13.1. The van der Waals surface area contributed by atoms with Crippen molar-refractivity contribution in [3.8, 4) is 0 Å². The van der Waals surface area contributed by atoms with Gasteiger partial charge >= 0.3 is 0 Å². The molecular weight excluding hydrogens is 276 g/mol. The van der Waals surface area contributed by atoms with Crippen LogP contribution in [0.25, 0.3) is 10.8 Å². The molecule has 22 heavy (non-hydrogen) atoms. The van der Waals surface area contributed by atoms with E-state index in [1.54, 1.807) is 19.0 Å². The number of benzene rings is 2. The van der Waals surface area contributed by atoms with Crippen molar-refractivity contribution in [2.75, 3.05) is 20.6 Å². The van der Waals surface area contributed by atoms with Crippen molar-refractivity contribution in [1.82, 2.24) is 4.90 Å².